The summed E-state index contributed by atoms with van der Waals surface area (Å²) in [6.07, 6.45) is 3.31. The van der Waals surface area contributed by atoms with E-state index in [1.807, 2.05) is 30.3 Å². The summed E-state index contributed by atoms with van der Waals surface area (Å²) in [4.78, 5) is 10.3. The lowest BCUT2D eigenvalue weighted by atomic mass is 10.3. The summed E-state index contributed by atoms with van der Waals surface area (Å²) in [5.41, 5.74) is 3.91. The van der Waals surface area contributed by atoms with Crippen LogP contribution >= 0.6 is 0 Å². The van der Waals surface area contributed by atoms with E-state index in [0.717, 1.165) is 5.69 Å². The van der Waals surface area contributed by atoms with Crippen LogP contribution in [0, 0.1) is 0 Å². The molecule has 0 bridgehead atoms. The number of rotatable bonds is 5. The largest absolute Gasteiger partial charge is 0.481 e. The van der Waals surface area contributed by atoms with Crippen LogP contribution in [0.15, 0.2) is 42.6 Å². The van der Waals surface area contributed by atoms with Gasteiger partial charge in [-0.3, -0.25) is 9.80 Å². The molecule has 0 fully saturated rings. The fourth-order valence-electron chi connectivity index (χ4n) is 1.14. The highest BCUT2D eigenvalue weighted by Crippen LogP contribution is 2.10. The fraction of sp³-hybridized carbons (Fsp3) is 0.182. The van der Waals surface area contributed by atoms with Gasteiger partial charge in [0, 0.05) is 13.2 Å². The third-order valence-electron chi connectivity index (χ3n) is 1.82. The number of anilines is 1. The van der Waals surface area contributed by atoms with E-state index in [1.165, 1.54) is 0 Å². The first-order chi connectivity index (χ1) is 7.24. The molecule has 0 aliphatic rings. The average molecular weight is 206 g/mol. The Labute approximate surface area is 88.8 Å². The van der Waals surface area contributed by atoms with Crippen LogP contribution in [-0.4, -0.2) is 18.1 Å². The Morgan fingerprint density at radius 3 is 2.67 bits per heavy atom. The highest BCUT2D eigenvalue weighted by Gasteiger charge is 1.98. The number of hydrogen-bond donors (Lipinski definition) is 2. The van der Waals surface area contributed by atoms with Gasteiger partial charge in [-0.1, -0.05) is 24.3 Å². The molecule has 1 aromatic rings. The Hall–Kier alpha value is -1.81. The van der Waals surface area contributed by atoms with Gasteiger partial charge in [0.1, 0.15) is 0 Å². The zero-order chi connectivity index (χ0) is 11.1. The molecule has 4 heteroatoms. The van der Waals surface area contributed by atoms with Gasteiger partial charge >= 0.3 is 5.97 Å². The zero-order valence-electron chi connectivity index (χ0n) is 8.55. The second-order valence-corrected chi connectivity index (χ2v) is 2.91. The molecule has 0 aliphatic heterocycles. The minimum Gasteiger partial charge on any atom is -0.481 e. The van der Waals surface area contributed by atoms with Crippen LogP contribution in [0.2, 0.25) is 0 Å². The number of benzene rings is 1. The summed E-state index contributed by atoms with van der Waals surface area (Å²) < 4.78 is 0. The second kappa shape index (κ2) is 5.82. The first kappa shape index (κ1) is 11.3. The standard InChI is InChI=1S/C11H14N2O2/c1-12-13(9-5-8-11(14)15)10-6-3-2-4-7-10/h2-7,9,12H,8H2,1H3,(H,14,15). The summed E-state index contributed by atoms with van der Waals surface area (Å²) in [7, 11) is 1.78. The average Bonchev–Trinajstić information content (AvgIpc) is 2.25. The second-order valence-electron chi connectivity index (χ2n) is 2.91. The van der Waals surface area contributed by atoms with Crippen molar-refractivity contribution in [1.29, 1.82) is 0 Å². The fourth-order valence-corrected chi connectivity index (χ4v) is 1.14. The first-order valence-electron chi connectivity index (χ1n) is 4.64. The Bertz CT molecular complexity index is 336. The number of hydrogen-bond acceptors (Lipinski definition) is 3. The van der Waals surface area contributed by atoms with Crippen molar-refractivity contribution in [3.63, 3.8) is 0 Å². The summed E-state index contributed by atoms with van der Waals surface area (Å²) in [5.74, 6) is -0.838. The van der Waals surface area contributed by atoms with Crippen molar-refractivity contribution in [3.05, 3.63) is 42.6 Å². The molecule has 0 amide bonds. The quantitative estimate of drug-likeness (QED) is 0.719. The van der Waals surface area contributed by atoms with Crippen molar-refractivity contribution in [3.8, 4) is 0 Å². The molecule has 80 valence electrons. The maximum absolute atomic E-state index is 10.3. The van der Waals surface area contributed by atoms with Gasteiger partial charge in [-0.25, -0.2) is 5.43 Å². The molecular weight excluding hydrogens is 192 g/mol. The Balaban J connectivity index is 2.64. The van der Waals surface area contributed by atoms with Crippen molar-refractivity contribution >= 4 is 11.7 Å². The molecule has 1 rings (SSSR count). The number of nitrogens with zero attached hydrogens (tertiary/aromatic N) is 1. The van der Waals surface area contributed by atoms with Gasteiger partial charge in [0.2, 0.25) is 0 Å². The van der Waals surface area contributed by atoms with E-state index in [9.17, 15) is 4.79 Å². The van der Waals surface area contributed by atoms with Gasteiger partial charge in [0.25, 0.3) is 0 Å². The van der Waals surface area contributed by atoms with Crippen LogP contribution < -0.4 is 10.4 Å². The van der Waals surface area contributed by atoms with E-state index in [1.54, 1.807) is 24.3 Å². The van der Waals surface area contributed by atoms with Crippen molar-refractivity contribution in [1.82, 2.24) is 5.43 Å². The number of para-hydroxylation sites is 1. The summed E-state index contributed by atoms with van der Waals surface area (Å²) in [6, 6.07) is 9.64. The monoisotopic (exact) mass is 206 g/mol. The molecule has 1 aromatic carbocycles. The number of aliphatic carboxylic acids is 1. The number of carboxylic acid groups (broad SMARTS) is 1. The maximum atomic E-state index is 10.3. The predicted octanol–water partition coefficient (Wildman–Crippen LogP) is 1.62. The molecule has 4 nitrogen and oxygen atoms in total. The Kier molecular flexibility index (Phi) is 4.37. The van der Waals surface area contributed by atoms with E-state index in [2.05, 4.69) is 5.43 Å². The van der Waals surface area contributed by atoms with E-state index >= 15 is 0 Å². The van der Waals surface area contributed by atoms with Crippen LogP contribution in [0.1, 0.15) is 6.42 Å². The predicted molar refractivity (Wildman–Crippen MR) is 59.4 cm³/mol. The first-order valence-corrected chi connectivity index (χ1v) is 4.64. The van der Waals surface area contributed by atoms with Crippen LogP contribution in [0.3, 0.4) is 0 Å². The highest BCUT2D eigenvalue weighted by molar-refractivity contribution is 5.68. The zero-order valence-corrected chi connectivity index (χ0v) is 8.55. The molecule has 0 saturated heterocycles. The molecule has 0 radical (unpaired) electrons. The summed E-state index contributed by atoms with van der Waals surface area (Å²) >= 11 is 0. The van der Waals surface area contributed by atoms with Crippen LogP contribution in [0.4, 0.5) is 5.69 Å². The lowest BCUT2D eigenvalue weighted by Crippen LogP contribution is -2.29. The van der Waals surface area contributed by atoms with Gasteiger partial charge in [-0.15, -0.1) is 0 Å². The number of carboxylic acids is 1. The van der Waals surface area contributed by atoms with E-state index in [4.69, 9.17) is 5.11 Å². The van der Waals surface area contributed by atoms with Gasteiger partial charge in [0.05, 0.1) is 12.1 Å². The number of nitrogens with one attached hydrogen (secondary N) is 1. The van der Waals surface area contributed by atoms with Gasteiger partial charge < -0.3 is 5.11 Å². The van der Waals surface area contributed by atoms with E-state index in [0.29, 0.717) is 0 Å². The van der Waals surface area contributed by atoms with Crippen molar-refractivity contribution in [2.45, 2.75) is 6.42 Å². The molecule has 0 saturated carbocycles. The normalized spacial score (nSPS) is 10.5. The lowest BCUT2D eigenvalue weighted by molar-refractivity contribution is -0.136. The molecule has 0 heterocycles. The minimum atomic E-state index is -0.838. The highest BCUT2D eigenvalue weighted by atomic mass is 16.4. The van der Waals surface area contributed by atoms with Crippen molar-refractivity contribution in [2.75, 3.05) is 12.1 Å². The number of hydrazine groups is 1. The number of carbonyl (C=O) groups is 1. The SMILES string of the molecule is CNN(C=CCC(=O)O)c1ccccc1. The molecule has 0 spiro atoms. The maximum Gasteiger partial charge on any atom is 0.307 e. The molecule has 0 aromatic heterocycles. The van der Waals surface area contributed by atoms with Crippen LogP contribution in [0.25, 0.3) is 0 Å². The summed E-state index contributed by atoms with van der Waals surface area (Å²) in [6.45, 7) is 0. The van der Waals surface area contributed by atoms with E-state index < -0.39 is 5.97 Å². The molecular formula is C11H14N2O2. The molecule has 2 N–H and O–H groups in total. The Morgan fingerprint density at radius 1 is 1.47 bits per heavy atom. The summed E-state index contributed by atoms with van der Waals surface area (Å²) in [5, 5.41) is 10.2. The van der Waals surface area contributed by atoms with Gasteiger partial charge in [-0.05, 0) is 12.1 Å². The van der Waals surface area contributed by atoms with Crippen molar-refractivity contribution in [2.24, 2.45) is 0 Å². The van der Waals surface area contributed by atoms with Gasteiger partial charge in [0.15, 0.2) is 0 Å². The third kappa shape index (κ3) is 3.83. The van der Waals surface area contributed by atoms with Crippen LogP contribution in [0.5, 0.6) is 0 Å². The topological polar surface area (TPSA) is 52.6 Å². The lowest BCUT2D eigenvalue weighted by Gasteiger charge is -2.18. The molecule has 0 atom stereocenters. The smallest absolute Gasteiger partial charge is 0.307 e. The molecule has 15 heavy (non-hydrogen) atoms. The molecule has 0 unspecified atom stereocenters. The van der Waals surface area contributed by atoms with Gasteiger partial charge in [-0.2, -0.15) is 0 Å². The van der Waals surface area contributed by atoms with Crippen LogP contribution in [-0.2, 0) is 4.79 Å². The molecule has 0 aliphatic carbocycles. The minimum absolute atomic E-state index is 0.0189. The third-order valence-corrected chi connectivity index (χ3v) is 1.82. The van der Waals surface area contributed by atoms with E-state index in [-0.39, 0.29) is 6.42 Å². The van der Waals surface area contributed by atoms with Crippen molar-refractivity contribution < 1.29 is 9.90 Å². The Morgan fingerprint density at radius 2 is 2.13 bits per heavy atom.